The van der Waals surface area contributed by atoms with Gasteiger partial charge in [0.1, 0.15) is 5.75 Å². The van der Waals surface area contributed by atoms with E-state index in [-0.39, 0.29) is 0 Å². The number of rotatable bonds is 6. The third-order valence-corrected chi connectivity index (χ3v) is 5.36. The predicted molar refractivity (Wildman–Crippen MR) is 97.0 cm³/mol. The van der Waals surface area contributed by atoms with Crippen molar-refractivity contribution < 1.29 is 4.74 Å². The predicted octanol–water partition coefficient (Wildman–Crippen LogP) is 3.63. The van der Waals surface area contributed by atoms with Crippen molar-refractivity contribution in [2.24, 2.45) is 16.6 Å². The molecule has 4 nitrogen and oxygen atoms in total. The molecule has 122 valence electrons. The van der Waals surface area contributed by atoms with Gasteiger partial charge in [-0.05, 0) is 60.7 Å². The molecule has 0 unspecified atom stereocenters. The number of methoxy groups -OCH3 is 1. The van der Waals surface area contributed by atoms with Crippen LogP contribution in [-0.2, 0) is 6.54 Å². The highest BCUT2D eigenvalue weighted by molar-refractivity contribution is 7.15. The second kappa shape index (κ2) is 7.51. The summed E-state index contributed by atoms with van der Waals surface area (Å²) in [6.45, 7) is 1.58. The van der Waals surface area contributed by atoms with E-state index in [2.05, 4.69) is 34.6 Å². The first-order valence-electron chi connectivity index (χ1n) is 8.01. The quantitative estimate of drug-likeness (QED) is 0.628. The molecule has 1 aromatic heterocycles. The molecule has 0 saturated heterocycles. The number of nitrogens with two attached hydrogens (primary N) is 1. The summed E-state index contributed by atoms with van der Waals surface area (Å²) in [4.78, 5) is 6.88. The van der Waals surface area contributed by atoms with Crippen molar-refractivity contribution >= 4 is 17.3 Å². The van der Waals surface area contributed by atoms with Gasteiger partial charge in [-0.3, -0.25) is 0 Å². The molecule has 2 aromatic rings. The van der Waals surface area contributed by atoms with E-state index in [0.29, 0.717) is 12.5 Å². The third kappa shape index (κ3) is 4.26. The van der Waals surface area contributed by atoms with E-state index < -0.39 is 0 Å². The highest BCUT2D eigenvalue weighted by atomic mass is 32.1. The number of ether oxygens (including phenoxy) is 1. The van der Waals surface area contributed by atoms with E-state index in [4.69, 9.17) is 10.5 Å². The molecule has 3 N–H and O–H groups in total. The highest BCUT2D eigenvalue weighted by Crippen LogP contribution is 2.29. The number of benzene rings is 1. The average molecular weight is 329 g/mol. The van der Waals surface area contributed by atoms with Crippen molar-refractivity contribution in [3.8, 4) is 16.2 Å². The lowest BCUT2D eigenvalue weighted by Crippen LogP contribution is -2.37. The molecule has 1 saturated carbocycles. The summed E-state index contributed by atoms with van der Waals surface area (Å²) >= 11 is 1.75. The van der Waals surface area contributed by atoms with Gasteiger partial charge >= 0.3 is 0 Å². The number of guanidine groups is 1. The number of aliphatic imine (C=N–C) groups is 1. The zero-order valence-corrected chi connectivity index (χ0v) is 14.2. The molecule has 3 rings (SSSR count). The maximum absolute atomic E-state index is 5.93. The molecule has 1 fully saturated rings. The molecule has 0 amide bonds. The Morgan fingerprint density at radius 1 is 1.26 bits per heavy atom. The number of nitrogens with one attached hydrogen (secondary N) is 1. The van der Waals surface area contributed by atoms with Crippen LogP contribution in [0.15, 0.2) is 41.4 Å². The fourth-order valence-corrected chi connectivity index (χ4v) is 3.48. The van der Waals surface area contributed by atoms with Crippen molar-refractivity contribution in [1.82, 2.24) is 5.32 Å². The van der Waals surface area contributed by atoms with Crippen LogP contribution in [0.3, 0.4) is 0 Å². The zero-order valence-electron chi connectivity index (χ0n) is 13.4. The number of nitrogens with zero attached hydrogens (tertiary/aromatic N) is 1. The topological polar surface area (TPSA) is 59.6 Å². The first-order chi connectivity index (χ1) is 11.2. The van der Waals surface area contributed by atoms with E-state index in [1.807, 2.05) is 12.1 Å². The van der Waals surface area contributed by atoms with Gasteiger partial charge in [0.25, 0.3) is 0 Å². The van der Waals surface area contributed by atoms with E-state index in [1.165, 1.54) is 34.6 Å². The van der Waals surface area contributed by atoms with Crippen molar-refractivity contribution in [2.45, 2.75) is 25.8 Å². The Hall–Kier alpha value is -2.01. The zero-order chi connectivity index (χ0) is 16.1. The van der Waals surface area contributed by atoms with Crippen LogP contribution in [-0.4, -0.2) is 19.6 Å². The van der Waals surface area contributed by atoms with E-state index in [9.17, 15) is 0 Å². The molecule has 1 aliphatic rings. The van der Waals surface area contributed by atoms with Gasteiger partial charge < -0.3 is 15.8 Å². The Bertz CT molecular complexity index is 659. The number of hydrogen-bond acceptors (Lipinski definition) is 3. The summed E-state index contributed by atoms with van der Waals surface area (Å²) in [5.74, 6) is 2.21. The first-order valence-corrected chi connectivity index (χ1v) is 8.83. The van der Waals surface area contributed by atoms with Gasteiger partial charge in [-0.15, -0.1) is 11.3 Å². The van der Waals surface area contributed by atoms with Gasteiger partial charge in [0.2, 0.25) is 0 Å². The Morgan fingerprint density at radius 2 is 2.04 bits per heavy atom. The lowest BCUT2D eigenvalue weighted by atomic mass is 9.85. The standard InChI is InChI=1S/C18H23N3OS/c1-22-15-7-5-14(6-8-15)17-10-9-16(23-17)12-21-18(19)20-11-13-3-2-4-13/h5-10,13H,2-4,11-12H2,1H3,(H3,19,20,21). The molecule has 0 bridgehead atoms. The Labute approximate surface area is 141 Å². The van der Waals surface area contributed by atoms with Crippen LogP contribution < -0.4 is 15.8 Å². The molecular weight excluding hydrogens is 306 g/mol. The second-order valence-electron chi connectivity index (χ2n) is 5.87. The van der Waals surface area contributed by atoms with Crippen LogP contribution >= 0.6 is 11.3 Å². The Balaban J connectivity index is 1.55. The summed E-state index contributed by atoms with van der Waals surface area (Å²) in [6.07, 6.45) is 3.99. The summed E-state index contributed by atoms with van der Waals surface area (Å²) in [6, 6.07) is 12.4. The van der Waals surface area contributed by atoms with Gasteiger partial charge in [0.15, 0.2) is 5.96 Å². The molecular formula is C18H23N3OS. The number of hydrogen-bond donors (Lipinski definition) is 2. The smallest absolute Gasteiger partial charge is 0.188 e. The second-order valence-corrected chi connectivity index (χ2v) is 7.04. The lowest BCUT2D eigenvalue weighted by Gasteiger charge is -2.25. The molecule has 23 heavy (non-hydrogen) atoms. The SMILES string of the molecule is COc1ccc(-c2ccc(CN=C(N)NCC3CCC3)s2)cc1. The van der Waals surface area contributed by atoms with E-state index in [0.717, 1.165) is 18.2 Å². The van der Waals surface area contributed by atoms with Crippen LogP contribution in [0.25, 0.3) is 10.4 Å². The summed E-state index contributed by atoms with van der Waals surface area (Å²) in [5, 5.41) is 3.22. The largest absolute Gasteiger partial charge is 0.497 e. The molecule has 5 heteroatoms. The van der Waals surface area contributed by atoms with Crippen molar-refractivity contribution in [3.63, 3.8) is 0 Å². The average Bonchev–Trinajstić information content (AvgIpc) is 3.00. The van der Waals surface area contributed by atoms with Crippen LogP contribution in [0.1, 0.15) is 24.1 Å². The Kier molecular flexibility index (Phi) is 5.18. The molecule has 0 atom stereocenters. The summed E-state index contributed by atoms with van der Waals surface area (Å²) in [7, 11) is 1.68. The van der Waals surface area contributed by atoms with E-state index >= 15 is 0 Å². The normalized spacial score (nSPS) is 15.3. The molecule has 1 heterocycles. The fraction of sp³-hybridized carbons (Fsp3) is 0.389. The molecule has 0 spiro atoms. The third-order valence-electron chi connectivity index (χ3n) is 4.24. The molecule has 0 aliphatic heterocycles. The maximum atomic E-state index is 5.93. The summed E-state index contributed by atoms with van der Waals surface area (Å²) < 4.78 is 5.19. The van der Waals surface area contributed by atoms with Crippen molar-refractivity contribution in [1.29, 1.82) is 0 Å². The van der Waals surface area contributed by atoms with Gasteiger partial charge in [-0.2, -0.15) is 0 Å². The van der Waals surface area contributed by atoms with E-state index in [1.54, 1.807) is 18.4 Å². The summed E-state index contributed by atoms with van der Waals surface area (Å²) in [5.41, 5.74) is 7.12. The van der Waals surface area contributed by atoms with Gasteiger partial charge in [-0.25, -0.2) is 4.99 Å². The minimum absolute atomic E-state index is 0.552. The van der Waals surface area contributed by atoms with Crippen LogP contribution in [0.4, 0.5) is 0 Å². The van der Waals surface area contributed by atoms with Crippen LogP contribution in [0.5, 0.6) is 5.75 Å². The molecule has 0 radical (unpaired) electrons. The molecule has 1 aliphatic carbocycles. The van der Waals surface area contributed by atoms with Gasteiger partial charge in [0, 0.05) is 16.3 Å². The monoisotopic (exact) mass is 329 g/mol. The first kappa shape index (κ1) is 15.9. The van der Waals surface area contributed by atoms with Gasteiger partial charge in [0.05, 0.1) is 13.7 Å². The minimum atomic E-state index is 0.552. The minimum Gasteiger partial charge on any atom is -0.497 e. The maximum Gasteiger partial charge on any atom is 0.188 e. The van der Waals surface area contributed by atoms with Crippen molar-refractivity contribution in [3.05, 3.63) is 41.3 Å². The van der Waals surface area contributed by atoms with Gasteiger partial charge in [-0.1, -0.05) is 6.42 Å². The molecule has 1 aromatic carbocycles. The fourth-order valence-electron chi connectivity index (χ4n) is 2.54. The Morgan fingerprint density at radius 3 is 2.70 bits per heavy atom. The highest BCUT2D eigenvalue weighted by Gasteiger charge is 2.16. The van der Waals surface area contributed by atoms with Crippen molar-refractivity contribution in [2.75, 3.05) is 13.7 Å². The van der Waals surface area contributed by atoms with Crippen LogP contribution in [0, 0.1) is 5.92 Å². The lowest BCUT2D eigenvalue weighted by molar-refractivity contribution is 0.315. The van der Waals surface area contributed by atoms with Crippen LogP contribution in [0.2, 0.25) is 0 Å². The number of thiophene rings is 1.